The van der Waals surface area contributed by atoms with Gasteiger partial charge in [-0.1, -0.05) is 36.9 Å². The van der Waals surface area contributed by atoms with E-state index in [9.17, 15) is 4.79 Å². The molecule has 0 unspecified atom stereocenters. The summed E-state index contributed by atoms with van der Waals surface area (Å²) in [4.78, 5) is 21.8. The third-order valence-electron chi connectivity index (χ3n) is 5.30. The predicted molar refractivity (Wildman–Crippen MR) is 106 cm³/mol. The minimum absolute atomic E-state index is 0.159. The van der Waals surface area contributed by atoms with E-state index in [0.717, 1.165) is 42.7 Å². The number of hydrogen-bond donors (Lipinski definition) is 1. The Hall–Kier alpha value is -2.88. The minimum atomic E-state index is 0.159. The fourth-order valence-electron chi connectivity index (χ4n) is 3.78. The van der Waals surface area contributed by atoms with Crippen LogP contribution in [0.5, 0.6) is 0 Å². The van der Waals surface area contributed by atoms with Crippen LogP contribution in [0.25, 0.3) is 22.2 Å². The first-order chi connectivity index (χ1) is 12.7. The summed E-state index contributed by atoms with van der Waals surface area (Å²) in [6, 6.07) is 12.6. The largest absolute Gasteiger partial charge is 0.370 e. The van der Waals surface area contributed by atoms with Crippen molar-refractivity contribution in [2.45, 2.75) is 19.3 Å². The second-order valence-corrected chi connectivity index (χ2v) is 6.96. The summed E-state index contributed by atoms with van der Waals surface area (Å²) in [5.74, 6) is 0.631. The number of H-pyrrole nitrogens is 1. The molecule has 0 bridgehead atoms. The molecule has 4 nitrogen and oxygen atoms in total. The number of anilines is 1. The molecule has 1 fully saturated rings. The quantitative estimate of drug-likeness (QED) is 0.688. The first-order valence-electron chi connectivity index (χ1n) is 9.17. The maximum Gasteiger partial charge on any atom is 0.155 e. The van der Waals surface area contributed by atoms with Crippen molar-refractivity contribution in [1.82, 2.24) is 9.97 Å². The average molecular weight is 345 g/mol. The molecule has 4 rings (SSSR count). The molecule has 1 N–H and O–H groups in total. The molecule has 0 amide bonds. The lowest BCUT2D eigenvalue weighted by molar-refractivity contribution is -0.115. The minimum Gasteiger partial charge on any atom is -0.370 e. The zero-order valence-corrected chi connectivity index (χ0v) is 14.8. The summed E-state index contributed by atoms with van der Waals surface area (Å²) >= 11 is 0. The molecule has 0 atom stereocenters. The highest BCUT2D eigenvalue weighted by Gasteiger charge is 2.21. The number of nitrogens with zero attached hydrogens (tertiary/aromatic N) is 2. The Morgan fingerprint density at radius 3 is 2.77 bits per heavy atom. The average Bonchev–Trinajstić information content (AvgIpc) is 3.12. The number of aromatic amines is 1. The summed E-state index contributed by atoms with van der Waals surface area (Å²) in [6.07, 6.45) is 8.13. The second kappa shape index (κ2) is 7.16. The van der Waals surface area contributed by atoms with E-state index in [4.69, 9.17) is 0 Å². The highest BCUT2D eigenvalue weighted by Crippen LogP contribution is 2.32. The molecule has 0 saturated carbocycles. The van der Waals surface area contributed by atoms with Crippen LogP contribution in [0.1, 0.15) is 19.3 Å². The molecule has 26 heavy (non-hydrogen) atoms. The van der Waals surface area contributed by atoms with Crippen LogP contribution in [-0.4, -0.2) is 28.8 Å². The molecule has 0 radical (unpaired) electrons. The number of ketones is 1. The summed E-state index contributed by atoms with van der Waals surface area (Å²) in [5, 5.41) is 1.15. The third-order valence-corrected chi connectivity index (χ3v) is 5.30. The lowest BCUT2D eigenvalue weighted by Crippen LogP contribution is -2.34. The molecule has 1 aliphatic heterocycles. The van der Waals surface area contributed by atoms with Crippen molar-refractivity contribution < 1.29 is 4.79 Å². The number of piperidine rings is 1. The van der Waals surface area contributed by atoms with E-state index in [1.165, 1.54) is 17.2 Å². The lowest BCUT2D eigenvalue weighted by atomic mass is 9.91. The smallest absolute Gasteiger partial charge is 0.155 e. The number of carbonyl (C=O) groups is 1. The molecule has 4 heteroatoms. The lowest BCUT2D eigenvalue weighted by Gasteiger charge is -2.33. The molecule has 3 heterocycles. The van der Waals surface area contributed by atoms with Crippen molar-refractivity contribution in [3.05, 3.63) is 61.4 Å². The van der Waals surface area contributed by atoms with Gasteiger partial charge >= 0.3 is 0 Å². The van der Waals surface area contributed by atoms with Crippen molar-refractivity contribution in [1.29, 1.82) is 0 Å². The first kappa shape index (κ1) is 16.6. The highest BCUT2D eigenvalue weighted by molar-refractivity contribution is 5.95. The predicted octanol–water partition coefficient (Wildman–Crippen LogP) is 4.59. The summed E-state index contributed by atoms with van der Waals surface area (Å²) < 4.78 is 0. The standard InChI is InChI=1S/C22H23N3O/c1-2-19(26)12-16-8-10-25(11-9-16)18-13-20-21(15-24-22(20)23-14-18)17-6-4-3-5-7-17/h2-7,13-16H,1,8-12H2,(H,23,24). The van der Waals surface area contributed by atoms with Gasteiger partial charge in [0.25, 0.3) is 0 Å². The van der Waals surface area contributed by atoms with Gasteiger partial charge < -0.3 is 9.88 Å². The van der Waals surface area contributed by atoms with Crippen LogP contribution in [0.15, 0.2) is 61.4 Å². The zero-order valence-electron chi connectivity index (χ0n) is 14.8. The Morgan fingerprint density at radius 2 is 2.04 bits per heavy atom. The van der Waals surface area contributed by atoms with Crippen LogP contribution in [0, 0.1) is 5.92 Å². The Morgan fingerprint density at radius 1 is 1.27 bits per heavy atom. The number of pyridine rings is 1. The fourth-order valence-corrected chi connectivity index (χ4v) is 3.78. The van der Waals surface area contributed by atoms with E-state index in [0.29, 0.717) is 12.3 Å². The van der Waals surface area contributed by atoms with E-state index < -0.39 is 0 Å². The Labute approximate surface area is 153 Å². The Bertz CT molecular complexity index is 921. The van der Waals surface area contributed by atoms with Crippen LogP contribution in [0.3, 0.4) is 0 Å². The van der Waals surface area contributed by atoms with Crippen molar-refractivity contribution in [2.24, 2.45) is 5.92 Å². The van der Waals surface area contributed by atoms with Crippen molar-refractivity contribution in [2.75, 3.05) is 18.0 Å². The molecule has 0 spiro atoms. The third kappa shape index (κ3) is 3.27. The van der Waals surface area contributed by atoms with Gasteiger partial charge in [0.05, 0.1) is 11.9 Å². The van der Waals surface area contributed by atoms with Crippen molar-refractivity contribution in [3.63, 3.8) is 0 Å². The number of allylic oxidation sites excluding steroid dienone is 1. The molecule has 2 aromatic heterocycles. The molecular formula is C22H23N3O. The van der Waals surface area contributed by atoms with Gasteiger partial charge in [0.1, 0.15) is 5.65 Å². The molecule has 1 saturated heterocycles. The van der Waals surface area contributed by atoms with E-state index in [1.54, 1.807) is 0 Å². The van der Waals surface area contributed by atoms with Crippen LogP contribution in [0.2, 0.25) is 0 Å². The topological polar surface area (TPSA) is 49.0 Å². The van der Waals surface area contributed by atoms with Crippen LogP contribution in [-0.2, 0) is 4.79 Å². The van der Waals surface area contributed by atoms with E-state index in [2.05, 4.69) is 51.8 Å². The van der Waals surface area contributed by atoms with Gasteiger partial charge in [-0.05, 0) is 36.5 Å². The SMILES string of the molecule is C=CC(=O)CC1CCN(c2cnc3[nH]cc(-c4ccccc4)c3c2)CC1. The number of aromatic nitrogens is 2. The maximum absolute atomic E-state index is 11.6. The van der Waals surface area contributed by atoms with Crippen molar-refractivity contribution in [3.8, 4) is 11.1 Å². The summed E-state index contributed by atoms with van der Waals surface area (Å²) in [5.41, 5.74) is 4.45. The Balaban J connectivity index is 1.55. The van der Waals surface area contributed by atoms with Crippen molar-refractivity contribution >= 4 is 22.5 Å². The maximum atomic E-state index is 11.6. The number of rotatable bonds is 5. The molecule has 3 aromatic rings. The number of carbonyl (C=O) groups excluding carboxylic acids is 1. The van der Waals surface area contributed by atoms with Crippen LogP contribution >= 0.6 is 0 Å². The second-order valence-electron chi connectivity index (χ2n) is 6.96. The van der Waals surface area contributed by atoms with Crippen LogP contribution < -0.4 is 4.90 Å². The van der Waals surface area contributed by atoms with Crippen LogP contribution in [0.4, 0.5) is 5.69 Å². The molecule has 1 aliphatic rings. The van der Waals surface area contributed by atoms with Gasteiger partial charge in [-0.25, -0.2) is 4.98 Å². The van der Waals surface area contributed by atoms with Gasteiger partial charge in [0, 0.05) is 36.7 Å². The fraction of sp³-hybridized carbons (Fsp3) is 0.273. The number of hydrogen-bond acceptors (Lipinski definition) is 3. The number of nitrogens with one attached hydrogen (secondary N) is 1. The van der Waals surface area contributed by atoms with E-state index >= 15 is 0 Å². The van der Waals surface area contributed by atoms with E-state index in [1.807, 2.05) is 18.5 Å². The highest BCUT2D eigenvalue weighted by atomic mass is 16.1. The van der Waals surface area contributed by atoms with Gasteiger partial charge in [-0.15, -0.1) is 0 Å². The number of benzene rings is 1. The summed E-state index contributed by atoms with van der Waals surface area (Å²) in [6.45, 7) is 5.51. The van der Waals surface area contributed by atoms with Gasteiger partial charge in [0.2, 0.25) is 0 Å². The molecule has 132 valence electrons. The normalized spacial score (nSPS) is 15.3. The zero-order chi connectivity index (χ0) is 17.9. The molecule has 0 aliphatic carbocycles. The Kier molecular flexibility index (Phi) is 4.57. The number of fused-ring (bicyclic) bond motifs is 1. The van der Waals surface area contributed by atoms with Gasteiger partial charge in [-0.2, -0.15) is 0 Å². The molecule has 1 aromatic carbocycles. The monoisotopic (exact) mass is 345 g/mol. The van der Waals surface area contributed by atoms with E-state index in [-0.39, 0.29) is 5.78 Å². The summed E-state index contributed by atoms with van der Waals surface area (Å²) in [7, 11) is 0. The first-order valence-corrected chi connectivity index (χ1v) is 9.17. The molecular weight excluding hydrogens is 322 g/mol. The van der Waals surface area contributed by atoms with Gasteiger partial charge in [0.15, 0.2) is 5.78 Å². The van der Waals surface area contributed by atoms with Gasteiger partial charge in [-0.3, -0.25) is 4.79 Å².